The summed E-state index contributed by atoms with van der Waals surface area (Å²) in [4.78, 5) is 32.6. The number of nitrogens with one attached hydrogen (secondary N) is 2. The van der Waals surface area contributed by atoms with Crippen molar-refractivity contribution in [3.63, 3.8) is 0 Å². The van der Waals surface area contributed by atoms with Crippen LogP contribution in [0.4, 0.5) is 5.95 Å². The van der Waals surface area contributed by atoms with Gasteiger partial charge in [0.25, 0.3) is 17.2 Å². The van der Waals surface area contributed by atoms with Crippen LogP contribution in [0.25, 0.3) is 5.78 Å². The van der Waals surface area contributed by atoms with Crippen LogP contribution in [0.1, 0.15) is 27.2 Å². The zero-order valence-electron chi connectivity index (χ0n) is 12.5. The number of aromatic nitrogens is 4. The molecule has 22 heavy (non-hydrogen) atoms. The van der Waals surface area contributed by atoms with Gasteiger partial charge in [0.1, 0.15) is 0 Å². The summed E-state index contributed by atoms with van der Waals surface area (Å²) < 4.78 is 1.22. The number of benzene rings is 1. The highest BCUT2D eigenvalue weighted by Gasteiger charge is 2.12. The third kappa shape index (κ3) is 2.37. The summed E-state index contributed by atoms with van der Waals surface area (Å²) in [5.74, 6) is 0.105. The number of rotatable bonds is 2. The molecule has 7 heteroatoms. The Bertz CT molecular complexity index is 921. The van der Waals surface area contributed by atoms with Crippen molar-refractivity contribution in [2.75, 3.05) is 5.32 Å². The van der Waals surface area contributed by atoms with Gasteiger partial charge in [0.15, 0.2) is 0 Å². The molecule has 0 saturated heterocycles. The van der Waals surface area contributed by atoms with Crippen LogP contribution in [-0.2, 0) is 0 Å². The van der Waals surface area contributed by atoms with E-state index in [9.17, 15) is 9.59 Å². The van der Waals surface area contributed by atoms with Crippen LogP contribution in [0.3, 0.4) is 0 Å². The number of carbonyl (C=O) groups is 1. The van der Waals surface area contributed by atoms with Crippen LogP contribution in [0.2, 0.25) is 0 Å². The zero-order valence-corrected chi connectivity index (χ0v) is 12.5. The van der Waals surface area contributed by atoms with Gasteiger partial charge in [-0.2, -0.15) is 9.50 Å². The molecule has 3 aromatic rings. The molecule has 0 saturated carbocycles. The average molecular weight is 297 g/mol. The molecule has 1 amide bonds. The van der Waals surface area contributed by atoms with E-state index >= 15 is 0 Å². The molecule has 112 valence electrons. The van der Waals surface area contributed by atoms with Gasteiger partial charge in [-0.05, 0) is 32.9 Å². The van der Waals surface area contributed by atoms with Crippen LogP contribution < -0.4 is 10.9 Å². The number of aromatic amines is 1. The van der Waals surface area contributed by atoms with Gasteiger partial charge in [0.05, 0.1) is 0 Å². The maximum Gasteiger partial charge on any atom is 0.277 e. The van der Waals surface area contributed by atoms with Crippen molar-refractivity contribution in [1.29, 1.82) is 0 Å². The number of anilines is 1. The summed E-state index contributed by atoms with van der Waals surface area (Å²) in [7, 11) is 0. The normalized spacial score (nSPS) is 10.9. The number of carbonyl (C=O) groups excluding carboxylic acids is 1. The van der Waals surface area contributed by atoms with Crippen molar-refractivity contribution in [2.24, 2.45) is 0 Å². The van der Waals surface area contributed by atoms with Crippen LogP contribution in [0, 0.1) is 20.8 Å². The van der Waals surface area contributed by atoms with E-state index in [1.54, 1.807) is 26.0 Å². The first-order valence-corrected chi connectivity index (χ1v) is 6.79. The van der Waals surface area contributed by atoms with Gasteiger partial charge in [-0.3, -0.25) is 20.0 Å². The average Bonchev–Trinajstić information content (AvgIpc) is 2.88. The van der Waals surface area contributed by atoms with Crippen molar-refractivity contribution < 1.29 is 4.79 Å². The third-order valence-corrected chi connectivity index (χ3v) is 3.51. The fourth-order valence-electron chi connectivity index (χ4n) is 2.04. The molecule has 0 aliphatic carbocycles. The fraction of sp³-hybridized carbons (Fsp3) is 0.200. The first kappa shape index (κ1) is 14.0. The Kier molecular flexibility index (Phi) is 3.25. The van der Waals surface area contributed by atoms with Crippen molar-refractivity contribution >= 4 is 17.6 Å². The summed E-state index contributed by atoms with van der Waals surface area (Å²) in [6.45, 7) is 5.39. The van der Waals surface area contributed by atoms with E-state index in [-0.39, 0.29) is 23.2 Å². The van der Waals surface area contributed by atoms with E-state index in [0.29, 0.717) is 16.8 Å². The number of H-pyrrole nitrogens is 1. The maximum absolute atomic E-state index is 12.1. The number of aryl methyl sites for hydroxylation is 2. The third-order valence-electron chi connectivity index (χ3n) is 3.51. The number of hydrogen-bond donors (Lipinski definition) is 2. The number of amides is 1. The second-order valence-corrected chi connectivity index (χ2v) is 5.16. The topological polar surface area (TPSA) is 92.2 Å². The van der Waals surface area contributed by atoms with Crippen molar-refractivity contribution in [3.05, 3.63) is 57.0 Å². The maximum atomic E-state index is 12.1. The molecule has 0 unspecified atom stereocenters. The minimum absolute atomic E-state index is 0.181. The van der Waals surface area contributed by atoms with Gasteiger partial charge in [-0.1, -0.05) is 17.7 Å². The Hall–Kier alpha value is -2.96. The SMILES string of the molecule is Cc1ccc(C(=O)Nc2nc3nc(C)c(C)c(=O)n3[nH]2)cc1. The van der Waals surface area contributed by atoms with E-state index in [0.717, 1.165) is 5.56 Å². The molecule has 0 bridgehead atoms. The highest BCUT2D eigenvalue weighted by atomic mass is 16.2. The summed E-state index contributed by atoms with van der Waals surface area (Å²) in [6.07, 6.45) is 0. The van der Waals surface area contributed by atoms with Gasteiger partial charge in [-0.25, -0.2) is 4.98 Å². The van der Waals surface area contributed by atoms with Crippen LogP contribution in [0.5, 0.6) is 0 Å². The standard InChI is InChI=1S/C15H15N5O2/c1-8-4-6-11(7-5-8)12(21)17-14-18-15-16-10(3)9(2)13(22)20(15)19-14/h4-7H,1-3H3,(H2,16,17,18,19,21). The molecule has 7 nitrogen and oxygen atoms in total. The second-order valence-electron chi connectivity index (χ2n) is 5.16. The molecule has 0 fully saturated rings. The Morgan fingerprint density at radius 3 is 2.50 bits per heavy atom. The predicted molar refractivity (Wildman–Crippen MR) is 82.2 cm³/mol. The van der Waals surface area contributed by atoms with Crippen LogP contribution in [0.15, 0.2) is 29.1 Å². The zero-order chi connectivity index (χ0) is 15.9. The molecule has 0 radical (unpaired) electrons. The van der Waals surface area contributed by atoms with E-state index < -0.39 is 0 Å². The van der Waals surface area contributed by atoms with Crippen LogP contribution >= 0.6 is 0 Å². The monoisotopic (exact) mass is 297 g/mol. The van der Waals surface area contributed by atoms with Crippen molar-refractivity contribution in [1.82, 2.24) is 19.6 Å². The molecule has 0 atom stereocenters. The molecule has 1 aromatic carbocycles. The molecular weight excluding hydrogens is 282 g/mol. The smallest absolute Gasteiger partial charge is 0.277 e. The lowest BCUT2D eigenvalue weighted by atomic mass is 10.1. The second kappa shape index (κ2) is 5.10. The summed E-state index contributed by atoms with van der Waals surface area (Å²) >= 11 is 0. The Balaban J connectivity index is 1.94. The van der Waals surface area contributed by atoms with Gasteiger partial charge >= 0.3 is 0 Å². The van der Waals surface area contributed by atoms with Gasteiger partial charge in [0.2, 0.25) is 5.95 Å². The Labute approximate surface area is 126 Å². The molecule has 3 rings (SSSR count). The first-order chi connectivity index (χ1) is 10.5. The predicted octanol–water partition coefficient (Wildman–Crippen LogP) is 1.60. The van der Waals surface area contributed by atoms with E-state index in [1.807, 2.05) is 19.1 Å². The van der Waals surface area contributed by atoms with Crippen LogP contribution in [-0.4, -0.2) is 25.5 Å². The first-order valence-electron chi connectivity index (χ1n) is 6.79. The van der Waals surface area contributed by atoms with Gasteiger partial charge in [0, 0.05) is 16.8 Å². The highest BCUT2D eigenvalue weighted by molar-refractivity contribution is 6.03. The minimum atomic E-state index is -0.305. The minimum Gasteiger partial charge on any atom is -0.291 e. The van der Waals surface area contributed by atoms with E-state index in [1.165, 1.54) is 4.52 Å². The summed E-state index contributed by atoms with van der Waals surface area (Å²) in [6, 6.07) is 7.16. The number of hydrogen-bond acceptors (Lipinski definition) is 4. The number of fused-ring (bicyclic) bond motifs is 1. The number of nitrogens with zero attached hydrogens (tertiary/aromatic N) is 3. The Morgan fingerprint density at radius 2 is 1.82 bits per heavy atom. The largest absolute Gasteiger partial charge is 0.291 e. The lowest BCUT2D eigenvalue weighted by Gasteiger charge is -2.01. The van der Waals surface area contributed by atoms with Gasteiger partial charge in [-0.15, -0.1) is 0 Å². The summed E-state index contributed by atoms with van der Waals surface area (Å²) in [5.41, 5.74) is 2.51. The fourth-order valence-corrected chi connectivity index (χ4v) is 2.04. The quantitative estimate of drug-likeness (QED) is 0.751. The van der Waals surface area contributed by atoms with Crippen molar-refractivity contribution in [2.45, 2.75) is 20.8 Å². The van der Waals surface area contributed by atoms with Crippen molar-refractivity contribution in [3.8, 4) is 0 Å². The molecule has 2 heterocycles. The van der Waals surface area contributed by atoms with Gasteiger partial charge < -0.3 is 0 Å². The lowest BCUT2D eigenvalue weighted by molar-refractivity contribution is 0.102. The molecule has 2 N–H and O–H groups in total. The molecule has 0 aliphatic heterocycles. The molecule has 0 spiro atoms. The van der Waals surface area contributed by atoms with E-state index in [4.69, 9.17) is 0 Å². The molecule has 0 aliphatic rings. The molecule has 2 aromatic heterocycles. The highest BCUT2D eigenvalue weighted by Crippen LogP contribution is 2.08. The Morgan fingerprint density at radius 1 is 1.14 bits per heavy atom. The lowest BCUT2D eigenvalue weighted by Crippen LogP contribution is -2.19. The summed E-state index contributed by atoms with van der Waals surface area (Å²) in [5, 5.41) is 5.37. The van der Waals surface area contributed by atoms with E-state index in [2.05, 4.69) is 20.4 Å². The molecular formula is C15H15N5O2.